The third kappa shape index (κ3) is 7.01. The van der Waals surface area contributed by atoms with Crippen molar-refractivity contribution in [3.63, 3.8) is 0 Å². The van der Waals surface area contributed by atoms with Gasteiger partial charge >= 0.3 is 0 Å². The number of pyridine rings is 1. The number of nitriles is 1. The predicted octanol–water partition coefficient (Wildman–Crippen LogP) is 4.17. The molecule has 0 atom stereocenters. The van der Waals surface area contributed by atoms with Crippen molar-refractivity contribution < 1.29 is 18.7 Å². The third-order valence-corrected chi connectivity index (χ3v) is 7.52. The summed E-state index contributed by atoms with van der Waals surface area (Å²) in [5, 5.41) is 12.0. The molecule has 1 saturated heterocycles. The van der Waals surface area contributed by atoms with Crippen molar-refractivity contribution in [2.45, 2.75) is 44.4 Å². The fourth-order valence-electron chi connectivity index (χ4n) is 5.18. The SMILES string of the molecule is N#Cc1ccc(O[C@H]2CC[C@H](NC(=O)c3ccc(C(=O)N4CCN(Cc5ccc(F)cc5)CC4)cn3)CC2)cc1. The Hall–Kier alpha value is -4.29. The molecular weight excluding hydrogens is 509 g/mol. The molecule has 2 aromatic carbocycles. The van der Waals surface area contributed by atoms with Gasteiger partial charge in [-0.25, -0.2) is 4.39 Å². The van der Waals surface area contributed by atoms with E-state index in [1.807, 2.05) is 12.1 Å². The van der Waals surface area contributed by atoms with E-state index < -0.39 is 0 Å². The van der Waals surface area contributed by atoms with Gasteiger partial charge in [-0.3, -0.25) is 19.5 Å². The first-order valence-corrected chi connectivity index (χ1v) is 13.7. The van der Waals surface area contributed by atoms with Crippen LogP contribution in [0.5, 0.6) is 5.75 Å². The van der Waals surface area contributed by atoms with Gasteiger partial charge in [-0.05, 0) is 79.8 Å². The highest BCUT2D eigenvalue weighted by atomic mass is 19.1. The van der Waals surface area contributed by atoms with Crippen LogP contribution in [-0.2, 0) is 6.54 Å². The smallest absolute Gasteiger partial charge is 0.270 e. The highest BCUT2D eigenvalue weighted by Gasteiger charge is 2.25. The number of halogens is 1. The molecule has 0 bridgehead atoms. The Morgan fingerprint density at radius 3 is 2.27 bits per heavy atom. The van der Waals surface area contributed by atoms with Crippen LogP contribution in [0.3, 0.4) is 0 Å². The number of piperazine rings is 1. The Morgan fingerprint density at radius 2 is 1.65 bits per heavy atom. The van der Waals surface area contributed by atoms with E-state index in [0.29, 0.717) is 24.2 Å². The zero-order valence-corrected chi connectivity index (χ0v) is 22.3. The number of rotatable bonds is 7. The van der Waals surface area contributed by atoms with Gasteiger partial charge in [-0.2, -0.15) is 5.26 Å². The topological polar surface area (TPSA) is 98.6 Å². The van der Waals surface area contributed by atoms with Crippen molar-refractivity contribution in [1.29, 1.82) is 5.26 Å². The Kier molecular flexibility index (Phi) is 8.67. The molecule has 8 nitrogen and oxygen atoms in total. The number of benzene rings is 2. The van der Waals surface area contributed by atoms with E-state index in [9.17, 15) is 14.0 Å². The second-order valence-corrected chi connectivity index (χ2v) is 10.3. The largest absolute Gasteiger partial charge is 0.490 e. The lowest BCUT2D eigenvalue weighted by Gasteiger charge is -2.34. The predicted molar refractivity (Wildman–Crippen MR) is 147 cm³/mol. The van der Waals surface area contributed by atoms with Crippen LogP contribution in [0.15, 0.2) is 66.9 Å². The summed E-state index contributed by atoms with van der Waals surface area (Å²) in [6.45, 7) is 3.38. The molecule has 3 aromatic rings. The molecule has 206 valence electrons. The summed E-state index contributed by atoms with van der Waals surface area (Å²) in [7, 11) is 0. The molecule has 40 heavy (non-hydrogen) atoms. The fraction of sp³-hybridized carbons (Fsp3) is 0.355. The maximum atomic E-state index is 13.1. The summed E-state index contributed by atoms with van der Waals surface area (Å²) < 4.78 is 19.2. The van der Waals surface area contributed by atoms with E-state index in [0.717, 1.165) is 56.6 Å². The van der Waals surface area contributed by atoms with Gasteiger partial charge in [0.25, 0.3) is 11.8 Å². The molecule has 9 heteroatoms. The summed E-state index contributed by atoms with van der Waals surface area (Å²) in [5.74, 6) is 0.161. The lowest BCUT2D eigenvalue weighted by atomic mass is 9.92. The number of nitrogens with zero attached hydrogens (tertiary/aromatic N) is 4. The van der Waals surface area contributed by atoms with E-state index in [-0.39, 0.29) is 35.5 Å². The maximum Gasteiger partial charge on any atom is 0.270 e. The van der Waals surface area contributed by atoms with Crippen LogP contribution in [0, 0.1) is 17.1 Å². The molecule has 1 saturated carbocycles. The molecule has 1 aromatic heterocycles. The van der Waals surface area contributed by atoms with E-state index in [1.54, 1.807) is 41.3 Å². The number of hydrogen-bond donors (Lipinski definition) is 1. The fourth-order valence-corrected chi connectivity index (χ4v) is 5.18. The number of amides is 2. The van der Waals surface area contributed by atoms with Gasteiger partial charge in [0.2, 0.25) is 0 Å². The third-order valence-electron chi connectivity index (χ3n) is 7.52. The average Bonchev–Trinajstić information content (AvgIpc) is 3.00. The van der Waals surface area contributed by atoms with Gasteiger partial charge < -0.3 is 15.0 Å². The Bertz CT molecular complexity index is 1340. The van der Waals surface area contributed by atoms with Crippen LogP contribution < -0.4 is 10.1 Å². The van der Waals surface area contributed by atoms with Crippen molar-refractivity contribution >= 4 is 11.8 Å². The van der Waals surface area contributed by atoms with E-state index in [2.05, 4.69) is 21.3 Å². The van der Waals surface area contributed by atoms with Gasteiger partial charge in [0.1, 0.15) is 17.3 Å². The summed E-state index contributed by atoms with van der Waals surface area (Å²) in [6.07, 6.45) is 4.80. The van der Waals surface area contributed by atoms with Crippen LogP contribution >= 0.6 is 0 Å². The Balaban J connectivity index is 1.05. The van der Waals surface area contributed by atoms with E-state index in [1.165, 1.54) is 18.3 Å². The Labute approximate surface area is 233 Å². The van der Waals surface area contributed by atoms with Crippen molar-refractivity contribution in [1.82, 2.24) is 20.1 Å². The number of carbonyl (C=O) groups excluding carboxylic acids is 2. The van der Waals surface area contributed by atoms with Crippen molar-refractivity contribution in [3.05, 3.63) is 95.1 Å². The van der Waals surface area contributed by atoms with Crippen LogP contribution in [0.4, 0.5) is 4.39 Å². The number of aromatic nitrogens is 1. The van der Waals surface area contributed by atoms with Crippen LogP contribution in [0.1, 0.15) is 57.7 Å². The minimum atomic E-state index is -0.245. The lowest BCUT2D eigenvalue weighted by molar-refractivity contribution is 0.0627. The van der Waals surface area contributed by atoms with Crippen molar-refractivity contribution in [2.24, 2.45) is 0 Å². The highest BCUT2D eigenvalue weighted by Crippen LogP contribution is 2.24. The molecule has 1 aliphatic carbocycles. The standard InChI is InChI=1S/C31H32FN5O3/c32-25-6-1-23(2-7-25)21-36-15-17-37(18-16-36)31(39)24-5-14-29(34-20-24)30(38)35-26-8-12-28(13-9-26)40-27-10-3-22(19-33)4-11-27/h1-7,10-11,14,20,26,28H,8-9,12-13,15-18,21H2,(H,35,38)/t26-,28-. The first-order chi connectivity index (χ1) is 19.5. The molecule has 1 aliphatic heterocycles. The molecule has 2 aliphatic rings. The number of nitrogens with one attached hydrogen (secondary N) is 1. The second kappa shape index (κ2) is 12.7. The quantitative estimate of drug-likeness (QED) is 0.482. The number of ether oxygens (including phenoxy) is 1. The summed E-state index contributed by atoms with van der Waals surface area (Å²) in [4.78, 5) is 34.1. The minimum Gasteiger partial charge on any atom is -0.490 e. The first-order valence-electron chi connectivity index (χ1n) is 13.7. The molecular formula is C31H32FN5O3. The maximum absolute atomic E-state index is 13.1. The number of carbonyl (C=O) groups is 2. The minimum absolute atomic E-state index is 0.0441. The van der Waals surface area contributed by atoms with Crippen molar-refractivity contribution in [2.75, 3.05) is 26.2 Å². The monoisotopic (exact) mass is 541 g/mol. The van der Waals surface area contributed by atoms with Gasteiger partial charge in [-0.15, -0.1) is 0 Å². The molecule has 2 fully saturated rings. The summed E-state index contributed by atoms with van der Waals surface area (Å²) >= 11 is 0. The van der Waals surface area contributed by atoms with Crippen molar-refractivity contribution in [3.8, 4) is 11.8 Å². The molecule has 0 radical (unpaired) electrons. The average molecular weight is 542 g/mol. The van der Waals surface area contributed by atoms with Crippen LogP contribution in [-0.4, -0.2) is 64.9 Å². The molecule has 5 rings (SSSR count). The van der Waals surface area contributed by atoms with Crippen LogP contribution in [0.25, 0.3) is 0 Å². The normalized spacial score (nSPS) is 19.4. The zero-order valence-electron chi connectivity index (χ0n) is 22.3. The van der Waals surface area contributed by atoms with Crippen LogP contribution in [0.2, 0.25) is 0 Å². The lowest BCUT2D eigenvalue weighted by Crippen LogP contribution is -2.48. The van der Waals surface area contributed by atoms with Gasteiger partial charge in [0, 0.05) is 45.0 Å². The molecule has 2 amide bonds. The van der Waals surface area contributed by atoms with Gasteiger partial charge in [0.05, 0.1) is 23.3 Å². The molecule has 0 spiro atoms. The van der Waals surface area contributed by atoms with E-state index in [4.69, 9.17) is 10.00 Å². The summed E-state index contributed by atoms with van der Waals surface area (Å²) in [6, 6.07) is 19.0. The Morgan fingerprint density at radius 1 is 0.950 bits per heavy atom. The molecule has 2 heterocycles. The number of hydrogen-bond acceptors (Lipinski definition) is 6. The van der Waals surface area contributed by atoms with Gasteiger partial charge in [-0.1, -0.05) is 12.1 Å². The first kappa shape index (κ1) is 27.3. The molecule has 1 N–H and O–H groups in total. The summed E-state index contributed by atoms with van der Waals surface area (Å²) in [5.41, 5.74) is 2.40. The second-order valence-electron chi connectivity index (χ2n) is 10.3. The molecule has 0 unspecified atom stereocenters. The zero-order chi connectivity index (χ0) is 27.9. The van der Waals surface area contributed by atoms with E-state index >= 15 is 0 Å². The van der Waals surface area contributed by atoms with Gasteiger partial charge in [0.15, 0.2) is 0 Å². The highest BCUT2D eigenvalue weighted by molar-refractivity contribution is 5.96.